The molecule has 11 heteroatoms. The Labute approximate surface area is 189 Å². The van der Waals surface area contributed by atoms with Crippen molar-refractivity contribution in [3.63, 3.8) is 0 Å². The number of thiophene rings is 1. The number of carbonyl (C=O) groups is 3. The summed E-state index contributed by atoms with van der Waals surface area (Å²) in [6.45, 7) is 2.21. The number of sulfonamides is 1. The molecule has 1 aliphatic carbocycles. The zero-order valence-corrected chi connectivity index (χ0v) is 19.0. The first-order valence-corrected chi connectivity index (χ1v) is 12.5. The molecule has 2 aromatic rings. The maximum Gasteiger partial charge on any atom is 0.308 e. The number of nitrogens with one attached hydrogen (secondary N) is 2. The lowest BCUT2D eigenvalue weighted by molar-refractivity contribution is -0.141. The molecule has 1 aromatic carbocycles. The van der Waals surface area contributed by atoms with Gasteiger partial charge < -0.3 is 10.0 Å². The number of carbonyl (C=O) groups excluding carboxylic acids is 2. The first-order valence-electron chi connectivity index (χ1n) is 10.2. The number of anilines is 1. The van der Waals surface area contributed by atoms with Crippen LogP contribution in [0.4, 0.5) is 5.69 Å². The van der Waals surface area contributed by atoms with Crippen molar-refractivity contribution in [3.8, 4) is 0 Å². The summed E-state index contributed by atoms with van der Waals surface area (Å²) in [7, 11) is -4.03. The number of aliphatic carboxylic acids is 1. The smallest absolute Gasteiger partial charge is 0.308 e. The number of hydrogen-bond acceptors (Lipinski definition) is 6. The number of nitrogens with zero attached hydrogens (tertiary/aromatic N) is 1. The Hall–Kier alpha value is -2.76. The molecular formula is C21H23N3O6S2. The van der Waals surface area contributed by atoms with E-state index in [0.717, 1.165) is 24.8 Å². The molecule has 2 unspecified atom stereocenters. The van der Waals surface area contributed by atoms with E-state index in [2.05, 4.69) is 17.2 Å². The molecule has 3 N–H and O–H groups in total. The van der Waals surface area contributed by atoms with Gasteiger partial charge in [-0.05, 0) is 61.1 Å². The van der Waals surface area contributed by atoms with E-state index in [-0.39, 0.29) is 23.8 Å². The Balaban J connectivity index is 1.40. The van der Waals surface area contributed by atoms with Gasteiger partial charge >= 0.3 is 5.97 Å². The average Bonchev–Trinajstić information content (AvgIpc) is 3.35. The van der Waals surface area contributed by atoms with Crippen LogP contribution in [0.2, 0.25) is 0 Å². The van der Waals surface area contributed by atoms with Crippen molar-refractivity contribution in [2.24, 2.45) is 11.8 Å². The molecule has 2 atom stereocenters. The summed E-state index contributed by atoms with van der Waals surface area (Å²) in [4.78, 5) is 40.6. The fourth-order valence-corrected chi connectivity index (χ4v) is 5.92. The molecule has 2 aliphatic rings. The summed E-state index contributed by atoms with van der Waals surface area (Å²) in [5.41, 5.74) is 3.83. The van der Waals surface area contributed by atoms with E-state index in [1.807, 2.05) is 6.07 Å². The Morgan fingerprint density at radius 1 is 1.19 bits per heavy atom. The van der Waals surface area contributed by atoms with Crippen molar-refractivity contribution in [2.45, 2.75) is 37.5 Å². The van der Waals surface area contributed by atoms with Crippen LogP contribution in [-0.4, -0.2) is 37.9 Å². The van der Waals surface area contributed by atoms with Crippen molar-refractivity contribution in [1.82, 2.24) is 10.3 Å². The van der Waals surface area contributed by atoms with Gasteiger partial charge in [0.2, 0.25) is 5.91 Å². The molecule has 2 amide bonds. The van der Waals surface area contributed by atoms with E-state index < -0.39 is 27.8 Å². The van der Waals surface area contributed by atoms with Crippen LogP contribution >= 0.6 is 11.3 Å². The predicted octanol–water partition coefficient (Wildman–Crippen LogP) is 1.93. The van der Waals surface area contributed by atoms with E-state index in [1.54, 1.807) is 0 Å². The van der Waals surface area contributed by atoms with Gasteiger partial charge in [0, 0.05) is 23.5 Å². The van der Waals surface area contributed by atoms with Gasteiger partial charge in [-0.3, -0.25) is 19.8 Å². The molecule has 0 saturated carbocycles. The van der Waals surface area contributed by atoms with Gasteiger partial charge in [-0.25, -0.2) is 8.42 Å². The van der Waals surface area contributed by atoms with Gasteiger partial charge in [0.25, 0.3) is 15.9 Å². The molecule has 32 heavy (non-hydrogen) atoms. The molecule has 170 valence electrons. The average molecular weight is 478 g/mol. The number of carboxylic acids is 1. The lowest BCUT2D eigenvalue weighted by atomic mass is 9.90. The summed E-state index contributed by atoms with van der Waals surface area (Å²) < 4.78 is 25.1. The Morgan fingerprint density at radius 2 is 1.91 bits per heavy atom. The molecule has 1 aliphatic heterocycles. The lowest BCUT2D eigenvalue weighted by Crippen LogP contribution is -2.41. The number of fused-ring (bicyclic) bond motifs is 1. The fraction of sp³-hybridized carbons (Fsp3) is 0.381. The molecule has 0 bridgehead atoms. The number of carboxylic acid groups (broad SMARTS) is 1. The first-order chi connectivity index (χ1) is 15.1. The lowest BCUT2D eigenvalue weighted by Gasteiger charge is -2.16. The van der Waals surface area contributed by atoms with Gasteiger partial charge in [-0.15, -0.1) is 16.2 Å². The summed E-state index contributed by atoms with van der Waals surface area (Å²) in [5, 5.41) is 9.09. The zero-order chi connectivity index (χ0) is 23.0. The van der Waals surface area contributed by atoms with Crippen LogP contribution in [-0.2, 0) is 32.5 Å². The number of rotatable bonds is 6. The molecule has 1 saturated heterocycles. The normalized spacial score (nSPS) is 20.8. The minimum atomic E-state index is -4.03. The third-order valence-corrected chi connectivity index (χ3v) is 8.28. The Kier molecular flexibility index (Phi) is 6.06. The highest BCUT2D eigenvalue weighted by atomic mass is 32.2. The number of hydrogen-bond donors (Lipinski definition) is 3. The zero-order valence-electron chi connectivity index (χ0n) is 17.3. The van der Waals surface area contributed by atoms with E-state index in [4.69, 9.17) is 5.11 Å². The molecule has 1 aromatic heterocycles. The van der Waals surface area contributed by atoms with E-state index in [0.29, 0.717) is 16.5 Å². The van der Waals surface area contributed by atoms with Gasteiger partial charge in [-0.2, -0.15) is 0 Å². The highest BCUT2D eigenvalue weighted by molar-refractivity contribution is 7.89. The molecule has 0 spiro atoms. The highest BCUT2D eigenvalue weighted by Crippen LogP contribution is 2.32. The van der Waals surface area contributed by atoms with E-state index in [1.165, 1.54) is 45.4 Å². The molecule has 4 rings (SSSR count). The standard InChI is InChI=1S/C21H23N3O6S2/c1-12-2-7-17-13(8-12)9-18(31-17)20(26)22-23-32(29,30)16-5-3-15(4-6-16)24-11-14(21(27)28)10-19(24)25/h3-6,9,12,14,23H,2,7-8,10-11H2,1H3,(H,22,26)(H,27,28). The maximum absolute atomic E-state index is 12.6. The van der Waals surface area contributed by atoms with Crippen LogP contribution in [0.1, 0.15) is 39.9 Å². The highest BCUT2D eigenvalue weighted by Gasteiger charge is 2.35. The maximum atomic E-state index is 12.6. The van der Waals surface area contributed by atoms with Crippen molar-refractivity contribution >= 4 is 44.8 Å². The van der Waals surface area contributed by atoms with E-state index in [9.17, 15) is 22.8 Å². The van der Waals surface area contributed by atoms with Gasteiger partial charge in [0.15, 0.2) is 0 Å². The second kappa shape index (κ2) is 8.64. The van der Waals surface area contributed by atoms with Crippen molar-refractivity contribution in [3.05, 3.63) is 45.6 Å². The summed E-state index contributed by atoms with van der Waals surface area (Å²) in [6.07, 6.45) is 2.84. The molecule has 2 heterocycles. The van der Waals surface area contributed by atoms with Crippen LogP contribution in [0.15, 0.2) is 35.2 Å². The Bertz CT molecular complexity index is 1170. The largest absolute Gasteiger partial charge is 0.481 e. The summed E-state index contributed by atoms with van der Waals surface area (Å²) in [6, 6.07) is 7.30. The first kappa shape index (κ1) is 22.4. The molecular weight excluding hydrogens is 454 g/mol. The summed E-state index contributed by atoms with van der Waals surface area (Å²) >= 11 is 1.38. The van der Waals surface area contributed by atoms with Crippen LogP contribution in [0.3, 0.4) is 0 Å². The molecule has 1 fully saturated rings. The number of hydrazine groups is 1. The SMILES string of the molecule is CC1CCc2sc(C(=O)NNS(=O)(=O)c3ccc(N4CC(C(=O)O)CC4=O)cc3)cc2C1. The molecule has 0 radical (unpaired) electrons. The molecule has 9 nitrogen and oxygen atoms in total. The van der Waals surface area contributed by atoms with Crippen molar-refractivity contribution in [1.29, 1.82) is 0 Å². The third kappa shape index (κ3) is 4.54. The number of aryl methyl sites for hydroxylation is 1. The topological polar surface area (TPSA) is 133 Å². The van der Waals surface area contributed by atoms with Gasteiger partial charge in [0.1, 0.15) is 0 Å². The minimum absolute atomic E-state index is 0.0398. The summed E-state index contributed by atoms with van der Waals surface area (Å²) in [5.74, 6) is -2.10. The predicted molar refractivity (Wildman–Crippen MR) is 118 cm³/mol. The van der Waals surface area contributed by atoms with Crippen LogP contribution in [0.5, 0.6) is 0 Å². The van der Waals surface area contributed by atoms with Crippen LogP contribution in [0.25, 0.3) is 0 Å². The van der Waals surface area contributed by atoms with Crippen molar-refractivity contribution < 1.29 is 27.9 Å². The van der Waals surface area contributed by atoms with Gasteiger partial charge in [-0.1, -0.05) is 6.92 Å². The second-order valence-corrected chi connectivity index (χ2v) is 11.0. The van der Waals surface area contributed by atoms with Gasteiger partial charge in [0.05, 0.1) is 15.7 Å². The van der Waals surface area contributed by atoms with Crippen LogP contribution < -0.4 is 15.2 Å². The Morgan fingerprint density at radius 3 is 2.56 bits per heavy atom. The minimum Gasteiger partial charge on any atom is -0.481 e. The quantitative estimate of drug-likeness (QED) is 0.545. The fourth-order valence-electron chi connectivity index (χ4n) is 3.98. The monoisotopic (exact) mass is 477 g/mol. The van der Waals surface area contributed by atoms with E-state index >= 15 is 0 Å². The number of benzene rings is 1. The van der Waals surface area contributed by atoms with Crippen LogP contribution in [0, 0.1) is 11.8 Å². The third-order valence-electron chi connectivity index (χ3n) is 5.78. The van der Waals surface area contributed by atoms with Crippen molar-refractivity contribution in [2.75, 3.05) is 11.4 Å². The second-order valence-electron chi connectivity index (χ2n) is 8.20. The number of amides is 2.